The SMILES string of the molecule is CCN(c1ccccc1)c1nc(C(F)(F)F)c(C(=O)O)s1. The van der Waals surface area contributed by atoms with Gasteiger partial charge in [-0.3, -0.25) is 0 Å². The molecule has 0 fully saturated rings. The van der Waals surface area contributed by atoms with Gasteiger partial charge in [0.25, 0.3) is 0 Å². The van der Waals surface area contributed by atoms with Crippen molar-refractivity contribution in [1.29, 1.82) is 0 Å². The highest BCUT2D eigenvalue weighted by atomic mass is 32.1. The van der Waals surface area contributed by atoms with Gasteiger partial charge in [0, 0.05) is 12.2 Å². The van der Waals surface area contributed by atoms with Crippen LogP contribution >= 0.6 is 11.3 Å². The van der Waals surface area contributed by atoms with Gasteiger partial charge in [-0.05, 0) is 19.1 Å². The molecule has 0 radical (unpaired) electrons. The second kappa shape index (κ2) is 5.72. The number of hydrogen-bond donors (Lipinski definition) is 1. The molecule has 0 spiro atoms. The standard InChI is InChI=1S/C13H11F3N2O2S/c1-2-18(8-6-4-3-5-7-8)12-17-10(13(14,15)16)9(21-12)11(19)20/h3-7H,2H2,1H3,(H,19,20). The molecule has 0 aliphatic carbocycles. The summed E-state index contributed by atoms with van der Waals surface area (Å²) < 4.78 is 38.6. The minimum atomic E-state index is -4.79. The van der Waals surface area contributed by atoms with Gasteiger partial charge in [0.15, 0.2) is 10.8 Å². The van der Waals surface area contributed by atoms with E-state index >= 15 is 0 Å². The molecule has 2 aromatic rings. The second-order valence-corrected chi connectivity index (χ2v) is 5.03. The first-order chi connectivity index (χ1) is 9.84. The van der Waals surface area contributed by atoms with Crippen molar-refractivity contribution in [2.24, 2.45) is 0 Å². The van der Waals surface area contributed by atoms with Gasteiger partial charge in [0.1, 0.15) is 4.88 Å². The highest BCUT2D eigenvalue weighted by Crippen LogP contribution is 2.39. The van der Waals surface area contributed by atoms with E-state index in [9.17, 15) is 18.0 Å². The number of benzene rings is 1. The van der Waals surface area contributed by atoms with Crippen molar-refractivity contribution in [1.82, 2.24) is 4.98 Å². The summed E-state index contributed by atoms with van der Waals surface area (Å²) in [6.45, 7) is 2.12. The fraction of sp³-hybridized carbons (Fsp3) is 0.231. The van der Waals surface area contributed by atoms with Crippen LogP contribution in [0.1, 0.15) is 22.3 Å². The molecule has 1 N–H and O–H groups in total. The van der Waals surface area contributed by atoms with E-state index in [0.717, 1.165) is 0 Å². The molecule has 4 nitrogen and oxygen atoms in total. The Morgan fingerprint density at radius 1 is 1.33 bits per heavy atom. The first-order valence-electron chi connectivity index (χ1n) is 5.98. The van der Waals surface area contributed by atoms with Crippen LogP contribution in [0.5, 0.6) is 0 Å². The minimum absolute atomic E-state index is 0.00780. The van der Waals surface area contributed by atoms with Gasteiger partial charge in [-0.25, -0.2) is 9.78 Å². The molecule has 21 heavy (non-hydrogen) atoms. The normalized spacial score (nSPS) is 11.4. The molecular weight excluding hydrogens is 305 g/mol. The van der Waals surface area contributed by atoms with Gasteiger partial charge in [0.05, 0.1) is 0 Å². The van der Waals surface area contributed by atoms with Crippen LogP contribution in [-0.2, 0) is 6.18 Å². The van der Waals surface area contributed by atoms with Gasteiger partial charge >= 0.3 is 12.1 Å². The quantitative estimate of drug-likeness (QED) is 0.925. The zero-order valence-corrected chi connectivity index (χ0v) is 11.7. The van der Waals surface area contributed by atoms with Crippen molar-refractivity contribution in [2.75, 3.05) is 11.4 Å². The second-order valence-electron chi connectivity index (χ2n) is 4.06. The van der Waals surface area contributed by atoms with Crippen molar-refractivity contribution < 1.29 is 23.1 Å². The molecule has 0 aliphatic heterocycles. The Morgan fingerprint density at radius 3 is 2.38 bits per heavy atom. The molecule has 2 rings (SSSR count). The number of rotatable bonds is 4. The summed E-state index contributed by atoms with van der Waals surface area (Å²) in [5.41, 5.74) is -0.705. The zero-order valence-electron chi connectivity index (χ0n) is 10.9. The van der Waals surface area contributed by atoms with E-state index in [-0.39, 0.29) is 5.13 Å². The number of nitrogens with zero attached hydrogens (tertiary/aromatic N) is 2. The maximum Gasteiger partial charge on any atom is 0.435 e. The maximum atomic E-state index is 12.9. The van der Waals surface area contributed by atoms with Crippen molar-refractivity contribution in [2.45, 2.75) is 13.1 Å². The van der Waals surface area contributed by atoms with Crippen molar-refractivity contribution in [3.8, 4) is 0 Å². The number of halogens is 3. The van der Waals surface area contributed by atoms with E-state index in [0.29, 0.717) is 23.6 Å². The number of aromatic carboxylic acids is 1. The van der Waals surface area contributed by atoms with Crippen molar-refractivity contribution in [3.63, 3.8) is 0 Å². The molecule has 0 unspecified atom stereocenters. The Morgan fingerprint density at radius 2 is 1.95 bits per heavy atom. The fourth-order valence-corrected chi connectivity index (χ4v) is 2.81. The molecular formula is C13H11F3N2O2S. The third kappa shape index (κ3) is 3.15. The Labute approximate surface area is 122 Å². The molecule has 0 saturated carbocycles. The molecule has 112 valence electrons. The summed E-state index contributed by atoms with van der Waals surface area (Å²) in [5, 5.41) is 8.93. The predicted molar refractivity (Wildman–Crippen MR) is 73.2 cm³/mol. The van der Waals surface area contributed by atoms with Crippen molar-refractivity contribution >= 4 is 28.1 Å². The van der Waals surface area contributed by atoms with Crippen LogP contribution < -0.4 is 4.90 Å². The van der Waals surface area contributed by atoms with E-state index in [4.69, 9.17) is 5.11 Å². The molecule has 0 saturated heterocycles. The van der Waals surface area contributed by atoms with Gasteiger partial charge in [-0.2, -0.15) is 13.2 Å². The molecule has 0 amide bonds. The van der Waals surface area contributed by atoms with E-state index in [2.05, 4.69) is 4.98 Å². The molecule has 0 bridgehead atoms. The highest BCUT2D eigenvalue weighted by Gasteiger charge is 2.40. The lowest BCUT2D eigenvalue weighted by Gasteiger charge is -2.19. The predicted octanol–water partition coefficient (Wildman–Crippen LogP) is 4.02. The summed E-state index contributed by atoms with van der Waals surface area (Å²) in [5.74, 6) is -1.63. The smallest absolute Gasteiger partial charge is 0.435 e. The number of alkyl halides is 3. The molecule has 1 aromatic carbocycles. The first-order valence-corrected chi connectivity index (χ1v) is 6.80. The van der Waals surface area contributed by atoms with Gasteiger partial charge < -0.3 is 10.0 Å². The van der Waals surface area contributed by atoms with Gasteiger partial charge in [-0.15, -0.1) is 0 Å². The number of carboxylic acid groups (broad SMARTS) is 1. The van der Waals surface area contributed by atoms with E-state index < -0.39 is 22.7 Å². The maximum absolute atomic E-state index is 12.9. The summed E-state index contributed by atoms with van der Waals surface area (Å²) in [7, 11) is 0. The third-order valence-electron chi connectivity index (χ3n) is 2.69. The number of carboxylic acids is 1. The summed E-state index contributed by atoms with van der Waals surface area (Å²) in [4.78, 5) is 15.2. The summed E-state index contributed by atoms with van der Waals surface area (Å²) in [6.07, 6.45) is -4.79. The van der Waals surface area contributed by atoms with E-state index in [1.54, 1.807) is 37.3 Å². The number of para-hydroxylation sites is 1. The molecule has 1 aromatic heterocycles. The number of aromatic nitrogens is 1. The van der Waals surface area contributed by atoms with Gasteiger partial charge in [0.2, 0.25) is 0 Å². The number of carbonyl (C=O) groups is 1. The number of hydrogen-bond acceptors (Lipinski definition) is 4. The van der Waals surface area contributed by atoms with E-state index in [1.165, 1.54) is 4.90 Å². The third-order valence-corrected chi connectivity index (χ3v) is 3.76. The molecule has 1 heterocycles. The lowest BCUT2D eigenvalue weighted by molar-refractivity contribution is -0.141. The van der Waals surface area contributed by atoms with Crippen LogP contribution in [0.2, 0.25) is 0 Å². The zero-order chi connectivity index (χ0) is 15.6. The fourth-order valence-electron chi connectivity index (χ4n) is 1.80. The Balaban J connectivity index is 2.51. The van der Waals surface area contributed by atoms with Gasteiger partial charge in [-0.1, -0.05) is 29.5 Å². The first kappa shape index (κ1) is 15.3. The van der Waals surface area contributed by atoms with Crippen LogP contribution in [0.3, 0.4) is 0 Å². The topological polar surface area (TPSA) is 53.4 Å². The molecule has 0 atom stereocenters. The van der Waals surface area contributed by atoms with Crippen LogP contribution in [0, 0.1) is 0 Å². The highest BCUT2D eigenvalue weighted by molar-refractivity contribution is 7.17. The summed E-state index contributed by atoms with van der Waals surface area (Å²) in [6, 6.07) is 8.71. The lowest BCUT2D eigenvalue weighted by Crippen LogP contribution is -2.16. The summed E-state index contributed by atoms with van der Waals surface area (Å²) >= 11 is 0.517. The van der Waals surface area contributed by atoms with Crippen molar-refractivity contribution in [3.05, 3.63) is 40.9 Å². The van der Waals surface area contributed by atoms with E-state index in [1.807, 2.05) is 0 Å². The van der Waals surface area contributed by atoms with Crippen LogP contribution in [0.25, 0.3) is 0 Å². The van der Waals surface area contributed by atoms with Crippen LogP contribution in [0.4, 0.5) is 24.0 Å². The van der Waals surface area contributed by atoms with Crippen LogP contribution in [-0.4, -0.2) is 22.6 Å². The average Bonchev–Trinajstić information content (AvgIpc) is 2.86. The number of thiazole rings is 1. The average molecular weight is 316 g/mol. The van der Waals surface area contributed by atoms with Crippen LogP contribution in [0.15, 0.2) is 30.3 Å². The Kier molecular flexibility index (Phi) is 4.17. The monoisotopic (exact) mass is 316 g/mol. The Hall–Kier alpha value is -2.09. The largest absolute Gasteiger partial charge is 0.477 e. The number of anilines is 2. The molecule has 0 aliphatic rings. The Bertz CT molecular complexity index is 641. The molecule has 8 heteroatoms. The lowest BCUT2D eigenvalue weighted by atomic mass is 10.3. The minimum Gasteiger partial charge on any atom is -0.477 e.